The Kier molecular flexibility index (Phi) is 28.9. The molecular weight excluding hydrogens is 719 g/mol. The number of ether oxygens (including phenoxy) is 2. The molecule has 0 aromatic rings. The van der Waals surface area contributed by atoms with Crippen LogP contribution in [0.5, 0.6) is 0 Å². The van der Waals surface area contributed by atoms with E-state index in [1.807, 2.05) is 12.2 Å². The number of allylic oxidation sites excluding steroid dienone is 6. The maximum absolute atomic E-state index is 12.7. The number of carbonyl (C=O) groups excluding carboxylic acids is 2. The zero-order chi connectivity index (χ0) is 40.0. The predicted octanol–water partition coefficient (Wildman–Crippen LogP) is 6.66. The van der Waals surface area contributed by atoms with Gasteiger partial charge in [-0.25, -0.2) is 4.57 Å². The van der Waals surface area contributed by atoms with Gasteiger partial charge in [-0.3, -0.25) is 18.6 Å². The molecular formula is C40H71O13P. The van der Waals surface area contributed by atoms with Gasteiger partial charge >= 0.3 is 19.8 Å². The molecule has 8 atom stereocenters. The third-order valence-corrected chi connectivity index (χ3v) is 10.2. The number of aliphatic hydroxyl groups excluding tert-OH is 5. The van der Waals surface area contributed by atoms with Crippen LogP contribution in [-0.4, -0.2) is 98.3 Å². The van der Waals surface area contributed by atoms with E-state index < -0.39 is 75.7 Å². The Bertz CT molecular complexity index is 1100. The summed E-state index contributed by atoms with van der Waals surface area (Å²) in [6.45, 7) is 3.18. The van der Waals surface area contributed by atoms with E-state index >= 15 is 0 Å². The largest absolute Gasteiger partial charge is 0.472 e. The average Bonchev–Trinajstić information content (AvgIpc) is 3.15. The fourth-order valence-electron chi connectivity index (χ4n) is 5.89. The highest BCUT2D eigenvalue weighted by molar-refractivity contribution is 7.47. The first-order chi connectivity index (χ1) is 25.9. The van der Waals surface area contributed by atoms with Crippen LogP contribution >= 0.6 is 7.82 Å². The highest BCUT2D eigenvalue weighted by Gasteiger charge is 2.51. The third-order valence-electron chi connectivity index (χ3n) is 9.23. The van der Waals surface area contributed by atoms with Crippen LogP contribution in [0.1, 0.15) is 149 Å². The van der Waals surface area contributed by atoms with Gasteiger partial charge in [0.1, 0.15) is 43.2 Å². The molecule has 13 nitrogen and oxygen atoms in total. The van der Waals surface area contributed by atoms with E-state index in [0.717, 1.165) is 44.9 Å². The minimum absolute atomic E-state index is 0.0259. The predicted molar refractivity (Wildman–Crippen MR) is 207 cm³/mol. The third kappa shape index (κ3) is 23.9. The van der Waals surface area contributed by atoms with E-state index in [4.69, 9.17) is 18.5 Å². The Hall–Kier alpha value is -1.93. The smallest absolute Gasteiger partial charge is 0.462 e. The van der Waals surface area contributed by atoms with Gasteiger partial charge in [-0.15, -0.1) is 0 Å². The van der Waals surface area contributed by atoms with Crippen molar-refractivity contribution >= 4 is 19.8 Å². The second kappa shape index (κ2) is 31.2. The van der Waals surface area contributed by atoms with Gasteiger partial charge in [-0.2, -0.15) is 0 Å². The maximum Gasteiger partial charge on any atom is 0.472 e. The van der Waals surface area contributed by atoms with Crippen molar-refractivity contribution in [2.75, 3.05) is 13.2 Å². The summed E-state index contributed by atoms with van der Waals surface area (Å²) in [6.07, 6.45) is 19.6. The minimum atomic E-state index is -5.12. The van der Waals surface area contributed by atoms with Gasteiger partial charge in [0.25, 0.3) is 0 Å². The van der Waals surface area contributed by atoms with Crippen LogP contribution in [0.15, 0.2) is 36.5 Å². The van der Waals surface area contributed by atoms with E-state index in [2.05, 4.69) is 38.2 Å². The van der Waals surface area contributed by atoms with Crippen LogP contribution < -0.4 is 0 Å². The Morgan fingerprint density at radius 2 is 1.02 bits per heavy atom. The molecule has 1 aliphatic rings. The molecule has 1 saturated carbocycles. The molecule has 1 rings (SSSR count). The van der Waals surface area contributed by atoms with Crippen molar-refractivity contribution in [2.45, 2.75) is 191 Å². The molecule has 1 fully saturated rings. The number of rotatable bonds is 32. The average molecular weight is 791 g/mol. The molecule has 0 aromatic carbocycles. The number of hydrogen-bond acceptors (Lipinski definition) is 12. The summed E-state index contributed by atoms with van der Waals surface area (Å²) in [5.41, 5.74) is 0. The summed E-state index contributed by atoms with van der Waals surface area (Å²) in [6, 6.07) is 0. The Balaban J connectivity index is 2.55. The molecule has 14 heteroatoms. The summed E-state index contributed by atoms with van der Waals surface area (Å²) in [5, 5.41) is 49.9. The number of phosphoric ester groups is 1. The van der Waals surface area contributed by atoms with Gasteiger partial charge in [-0.05, 0) is 44.9 Å². The lowest BCUT2D eigenvalue weighted by Gasteiger charge is -2.41. The van der Waals surface area contributed by atoms with Gasteiger partial charge in [-0.1, -0.05) is 127 Å². The maximum atomic E-state index is 12.7. The lowest BCUT2D eigenvalue weighted by atomic mass is 9.85. The molecule has 0 bridgehead atoms. The number of hydrogen-bond donors (Lipinski definition) is 6. The number of aliphatic hydroxyl groups is 5. The van der Waals surface area contributed by atoms with E-state index in [1.165, 1.54) is 57.8 Å². The molecule has 0 spiro atoms. The summed E-state index contributed by atoms with van der Waals surface area (Å²) < 4.78 is 33.2. The fourth-order valence-corrected chi connectivity index (χ4v) is 6.86. The van der Waals surface area contributed by atoms with Gasteiger partial charge in [0.2, 0.25) is 0 Å². The van der Waals surface area contributed by atoms with Crippen molar-refractivity contribution < 1.29 is 63.1 Å². The summed E-state index contributed by atoms with van der Waals surface area (Å²) in [7, 11) is -5.12. The Morgan fingerprint density at radius 1 is 0.574 bits per heavy atom. The molecule has 6 N–H and O–H groups in total. The quantitative estimate of drug-likeness (QED) is 0.0183. The zero-order valence-corrected chi connectivity index (χ0v) is 33.7. The van der Waals surface area contributed by atoms with Crippen molar-refractivity contribution in [1.82, 2.24) is 0 Å². The standard InChI is InChI=1S/C40H71O13P/c1-3-5-7-9-11-13-14-15-16-17-18-19-20-21-23-25-27-29-34(42)52-32(30-50-33(41)28-26-24-22-12-10-8-6-4-2)31-51-54(48,49)53-40-38(46)36(44)35(43)37(45)39(40)47/h15-16,18-19,21,23,32,35-40,43-47H,3-14,17,20,22,24-31H2,1-2H3,(H,48,49)/b16-15+,19-18+,23-21+/t32-,35?,36+,37?,38?,39?,40?/m1/s1. The Morgan fingerprint density at radius 3 is 1.57 bits per heavy atom. The van der Waals surface area contributed by atoms with Crippen molar-refractivity contribution in [1.29, 1.82) is 0 Å². The lowest BCUT2D eigenvalue weighted by Crippen LogP contribution is -2.64. The number of phosphoric acid groups is 1. The molecule has 54 heavy (non-hydrogen) atoms. The van der Waals surface area contributed by atoms with Gasteiger partial charge in [0, 0.05) is 12.8 Å². The van der Waals surface area contributed by atoms with Crippen LogP contribution in [-0.2, 0) is 32.7 Å². The van der Waals surface area contributed by atoms with Gasteiger partial charge in [0.15, 0.2) is 6.10 Å². The summed E-state index contributed by atoms with van der Waals surface area (Å²) in [5.74, 6) is -1.17. The van der Waals surface area contributed by atoms with E-state index in [1.54, 1.807) is 0 Å². The number of unbranched alkanes of at least 4 members (excludes halogenated alkanes) is 14. The molecule has 6 unspecified atom stereocenters. The van der Waals surface area contributed by atoms with Crippen molar-refractivity contribution in [3.8, 4) is 0 Å². The molecule has 0 aliphatic heterocycles. The second-order valence-electron chi connectivity index (χ2n) is 14.1. The summed E-state index contributed by atoms with van der Waals surface area (Å²) in [4.78, 5) is 35.4. The second-order valence-corrected chi connectivity index (χ2v) is 15.5. The highest BCUT2D eigenvalue weighted by Crippen LogP contribution is 2.47. The van der Waals surface area contributed by atoms with Crippen molar-refractivity contribution in [3.05, 3.63) is 36.5 Å². The van der Waals surface area contributed by atoms with Crippen molar-refractivity contribution in [3.63, 3.8) is 0 Å². The zero-order valence-electron chi connectivity index (χ0n) is 32.8. The molecule has 0 amide bonds. The SMILES string of the molecule is CCCCCCCC/C=C/C/C=C/C/C=C/CCCC(=O)O[C@H](COC(=O)CCCCCCCCCC)COP(=O)(O)OC1C(O)C(O)C(O)[C@H](O)C1O. The van der Waals surface area contributed by atoms with Crippen LogP contribution in [0.2, 0.25) is 0 Å². The van der Waals surface area contributed by atoms with E-state index in [9.17, 15) is 44.6 Å². The number of carbonyl (C=O) groups is 2. The first-order valence-corrected chi connectivity index (χ1v) is 21.8. The van der Waals surface area contributed by atoms with Crippen LogP contribution in [0, 0.1) is 0 Å². The van der Waals surface area contributed by atoms with E-state index in [0.29, 0.717) is 19.3 Å². The van der Waals surface area contributed by atoms with Gasteiger partial charge in [0.05, 0.1) is 6.61 Å². The molecule has 0 heterocycles. The summed E-state index contributed by atoms with van der Waals surface area (Å²) >= 11 is 0. The molecule has 0 radical (unpaired) electrons. The minimum Gasteiger partial charge on any atom is -0.462 e. The first kappa shape index (κ1) is 50.1. The molecule has 0 aromatic heterocycles. The van der Waals surface area contributed by atoms with Crippen LogP contribution in [0.3, 0.4) is 0 Å². The van der Waals surface area contributed by atoms with E-state index in [-0.39, 0.29) is 12.8 Å². The topological polar surface area (TPSA) is 210 Å². The van der Waals surface area contributed by atoms with Crippen LogP contribution in [0.25, 0.3) is 0 Å². The monoisotopic (exact) mass is 790 g/mol. The van der Waals surface area contributed by atoms with Crippen LogP contribution in [0.4, 0.5) is 0 Å². The van der Waals surface area contributed by atoms with Crippen molar-refractivity contribution in [2.24, 2.45) is 0 Å². The molecule has 314 valence electrons. The first-order valence-electron chi connectivity index (χ1n) is 20.3. The molecule has 0 saturated heterocycles. The number of esters is 2. The highest BCUT2D eigenvalue weighted by atomic mass is 31.2. The molecule has 1 aliphatic carbocycles. The lowest BCUT2D eigenvalue weighted by molar-refractivity contribution is -0.220. The van der Waals surface area contributed by atoms with Gasteiger partial charge < -0.3 is 39.9 Å². The normalized spacial score (nSPS) is 23.6. The Labute approximate surface area is 323 Å². The fraction of sp³-hybridized carbons (Fsp3) is 0.800.